The van der Waals surface area contributed by atoms with E-state index in [1.165, 1.54) is 24.6 Å². The van der Waals surface area contributed by atoms with Gasteiger partial charge in [-0.15, -0.1) is 0 Å². The van der Waals surface area contributed by atoms with Gasteiger partial charge in [0.05, 0.1) is 0 Å². The molecule has 0 aliphatic carbocycles. The van der Waals surface area contributed by atoms with Gasteiger partial charge in [0.1, 0.15) is 11.6 Å². The molecule has 0 bridgehead atoms. The van der Waals surface area contributed by atoms with Gasteiger partial charge in [0.25, 0.3) is 0 Å². The van der Waals surface area contributed by atoms with E-state index in [9.17, 15) is 8.78 Å². The maximum absolute atomic E-state index is 13.7. The second-order valence-corrected chi connectivity index (χ2v) is 7.00. The monoisotopic (exact) mass is 338 g/mol. The first-order valence-electron chi connectivity index (χ1n) is 9.12. The van der Waals surface area contributed by atoms with Crippen molar-refractivity contribution >= 4 is 0 Å². The number of hydrogen-bond donors (Lipinski definition) is 0. The molecule has 2 aliphatic rings. The molecule has 2 fully saturated rings. The summed E-state index contributed by atoms with van der Waals surface area (Å²) < 4.78 is 32.5. The molecule has 134 valence electrons. The molecule has 0 N–H and O–H groups in total. The Morgan fingerprint density at radius 2 is 1.79 bits per heavy atom. The van der Waals surface area contributed by atoms with Crippen LogP contribution < -0.4 is 0 Å². The highest BCUT2D eigenvalue weighted by Gasteiger charge is 2.38. The highest BCUT2D eigenvalue weighted by Crippen LogP contribution is 2.32. The Hall–Kier alpha value is -1.04. The maximum atomic E-state index is 13.7. The Balaban J connectivity index is 1.51. The minimum Gasteiger partial charge on any atom is -0.381 e. The molecule has 0 atom stereocenters. The number of nitrogens with zero attached hydrogens (tertiary/aromatic N) is 2. The molecule has 0 aromatic heterocycles. The number of hydrogen-bond acceptors (Lipinski definition) is 3. The Morgan fingerprint density at radius 1 is 1.08 bits per heavy atom. The molecule has 0 spiro atoms. The predicted octanol–water partition coefficient (Wildman–Crippen LogP) is 3.08. The summed E-state index contributed by atoms with van der Waals surface area (Å²) in [6.07, 6.45) is 3.98. The first-order chi connectivity index (χ1) is 11.6. The molecular formula is C19H28F2N2O. The molecule has 1 aromatic rings. The highest BCUT2D eigenvalue weighted by atomic mass is 19.1. The largest absolute Gasteiger partial charge is 0.381 e. The third kappa shape index (κ3) is 3.95. The molecular weight excluding hydrogens is 310 g/mol. The van der Waals surface area contributed by atoms with E-state index in [0.717, 1.165) is 58.8 Å². The first-order valence-corrected chi connectivity index (χ1v) is 9.12. The van der Waals surface area contributed by atoms with E-state index in [0.29, 0.717) is 17.5 Å². The summed E-state index contributed by atoms with van der Waals surface area (Å²) in [7, 11) is 0. The lowest BCUT2D eigenvalue weighted by molar-refractivity contribution is -0.0490. The topological polar surface area (TPSA) is 15.7 Å². The van der Waals surface area contributed by atoms with Gasteiger partial charge in [0.2, 0.25) is 0 Å². The third-order valence-electron chi connectivity index (χ3n) is 5.83. The van der Waals surface area contributed by atoms with Crippen LogP contribution >= 0.6 is 0 Å². The smallest absolute Gasteiger partial charge is 0.126 e. The molecule has 2 saturated heterocycles. The van der Waals surface area contributed by atoms with Crippen LogP contribution in [0.2, 0.25) is 0 Å². The molecule has 2 aliphatic heterocycles. The van der Waals surface area contributed by atoms with Gasteiger partial charge in [-0.1, -0.05) is 6.92 Å². The molecule has 0 saturated carbocycles. The Bertz CT molecular complexity index is 538. The normalized spacial score (nSPS) is 22.6. The van der Waals surface area contributed by atoms with E-state index >= 15 is 0 Å². The van der Waals surface area contributed by atoms with Crippen molar-refractivity contribution in [3.05, 3.63) is 35.4 Å². The van der Waals surface area contributed by atoms with Gasteiger partial charge in [0.15, 0.2) is 0 Å². The molecule has 0 unspecified atom stereocenters. The molecule has 3 rings (SSSR count). The molecule has 5 heteroatoms. The van der Waals surface area contributed by atoms with Crippen LogP contribution in [-0.4, -0.2) is 61.3 Å². The number of halogens is 2. The van der Waals surface area contributed by atoms with Crippen LogP contribution in [0.4, 0.5) is 8.78 Å². The molecule has 1 aromatic carbocycles. The summed E-state index contributed by atoms with van der Waals surface area (Å²) in [5.74, 6) is -0.664. The third-order valence-corrected chi connectivity index (χ3v) is 5.83. The molecule has 2 heterocycles. The van der Waals surface area contributed by atoms with Gasteiger partial charge in [-0.25, -0.2) is 8.78 Å². The number of benzene rings is 1. The minimum absolute atomic E-state index is 0.304. The van der Waals surface area contributed by atoms with Crippen LogP contribution in [0, 0.1) is 11.6 Å². The van der Waals surface area contributed by atoms with Crippen LogP contribution in [-0.2, 0) is 11.2 Å². The molecule has 0 radical (unpaired) electrons. The van der Waals surface area contributed by atoms with E-state index in [-0.39, 0.29) is 11.6 Å². The summed E-state index contributed by atoms with van der Waals surface area (Å²) >= 11 is 0. The van der Waals surface area contributed by atoms with Gasteiger partial charge in [-0.05, 0) is 49.4 Å². The average molecular weight is 338 g/mol. The van der Waals surface area contributed by atoms with Crippen molar-refractivity contribution in [2.24, 2.45) is 0 Å². The summed E-state index contributed by atoms with van der Waals surface area (Å²) in [6.45, 7) is 8.92. The summed E-state index contributed by atoms with van der Waals surface area (Å²) in [4.78, 5) is 5.00. The standard InChI is InChI=1S/C19H28F2N2O/c1-2-19(6-13-24-14-7-19)23-11-9-22(10-12-23)8-5-16-15-17(20)3-4-18(16)21/h3-4,15H,2,5-14H2,1H3. The van der Waals surface area contributed by atoms with Crippen molar-refractivity contribution in [3.63, 3.8) is 0 Å². The van der Waals surface area contributed by atoms with Crippen LogP contribution in [0.5, 0.6) is 0 Å². The van der Waals surface area contributed by atoms with Crippen molar-refractivity contribution < 1.29 is 13.5 Å². The number of ether oxygens (including phenoxy) is 1. The summed E-state index contributed by atoms with van der Waals surface area (Å²) in [5, 5.41) is 0. The van der Waals surface area contributed by atoms with E-state index in [1.807, 2.05) is 0 Å². The lowest BCUT2D eigenvalue weighted by Gasteiger charge is -2.49. The van der Waals surface area contributed by atoms with E-state index in [1.54, 1.807) is 0 Å². The Morgan fingerprint density at radius 3 is 2.46 bits per heavy atom. The van der Waals surface area contributed by atoms with Crippen LogP contribution in [0.3, 0.4) is 0 Å². The fourth-order valence-electron chi connectivity index (χ4n) is 4.10. The minimum atomic E-state index is -0.361. The second-order valence-electron chi connectivity index (χ2n) is 7.00. The second kappa shape index (κ2) is 7.89. The zero-order valence-corrected chi connectivity index (χ0v) is 14.6. The first kappa shape index (κ1) is 17.8. The summed E-state index contributed by atoms with van der Waals surface area (Å²) in [5.41, 5.74) is 0.783. The Kier molecular flexibility index (Phi) is 5.85. The lowest BCUT2D eigenvalue weighted by Crippen LogP contribution is -2.58. The number of piperazine rings is 1. The molecule has 0 amide bonds. The van der Waals surface area contributed by atoms with Crippen LogP contribution in [0.1, 0.15) is 31.7 Å². The van der Waals surface area contributed by atoms with Crippen molar-refractivity contribution in [1.82, 2.24) is 9.80 Å². The van der Waals surface area contributed by atoms with E-state index in [2.05, 4.69) is 16.7 Å². The zero-order chi connectivity index (χ0) is 17.0. The average Bonchev–Trinajstić information content (AvgIpc) is 2.63. The highest BCUT2D eigenvalue weighted by molar-refractivity contribution is 5.19. The van der Waals surface area contributed by atoms with Crippen molar-refractivity contribution in [1.29, 1.82) is 0 Å². The van der Waals surface area contributed by atoms with E-state index < -0.39 is 0 Å². The zero-order valence-electron chi connectivity index (χ0n) is 14.6. The fraction of sp³-hybridized carbons (Fsp3) is 0.684. The lowest BCUT2D eigenvalue weighted by atomic mass is 9.85. The van der Waals surface area contributed by atoms with Gasteiger partial charge >= 0.3 is 0 Å². The van der Waals surface area contributed by atoms with Crippen molar-refractivity contribution in [3.8, 4) is 0 Å². The maximum Gasteiger partial charge on any atom is 0.126 e. The fourth-order valence-corrected chi connectivity index (χ4v) is 4.10. The predicted molar refractivity (Wildman–Crippen MR) is 91.2 cm³/mol. The van der Waals surface area contributed by atoms with Crippen molar-refractivity contribution in [2.75, 3.05) is 45.9 Å². The van der Waals surface area contributed by atoms with Gasteiger partial charge in [0, 0.05) is 51.5 Å². The quantitative estimate of drug-likeness (QED) is 0.821. The van der Waals surface area contributed by atoms with Gasteiger partial charge in [-0.3, -0.25) is 4.90 Å². The Labute approximate surface area is 143 Å². The molecule has 24 heavy (non-hydrogen) atoms. The van der Waals surface area contributed by atoms with Gasteiger partial charge in [-0.2, -0.15) is 0 Å². The van der Waals surface area contributed by atoms with Crippen molar-refractivity contribution in [2.45, 2.75) is 38.1 Å². The number of rotatable bonds is 5. The SMILES string of the molecule is CCC1(N2CCN(CCc3cc(F)ccc3F)CC2)CCOCC1. The van der Waals surface area contributed by atoms with E-state index in [4.69, 9.17) is 4.74 Å². The van der Waals surface area contributed by atoms with Crippen LogP contribution in [0.15, 0.2) is 18.2 Å². The van der Waals surface area contributed by atoms with Gasteiger partial charge < -0.3 is 9.64 Å². The van der Waals surface area contributed by atoms with Crippen LogP contribution in [0.25, 0.3) is 0 Å². The summed E-state index contributed by atoms with van der Waals surface area (Å²) in [6, 6.07) is 3.72. The molecule has 3 nitrogen and oxygen atoms in total.